The van der Waals surface area contributed by atoms with Crippen LogP contribution in [-0.2, 0) is 19.6 Å². The molecule has 0 saturated carbocycles. The van der Waals surface area contributed by atoms with Gasteiger partial charge >= 0.3 is 5.97 Å². The summed E-state index contributed by atoms with van der Waals surface area (Å²) in [7, 11) is -3.91. The molecule has 0 spiro atoms. The summed E-state index contributed by atoms with van der Waals surface area (Å²) in [6.45, 7) is -0.929. The zero-order valence-electron chi connectivity index (χ0n) is 13.4. The molecular formula is C17H14ClNO6S. The van der Waals surface area contributed by atoms with E-state index in [1.165, 1.54) is 12.1 Å². The van der Waals surface area contributed by atoms with E-state index in [0.717, 1.165) is 0 Å². The van der Waals surface area contributed by atoms with Crippen molar-refractivity contribution in [1.82, 2.24) is 4.31 Å². The molecule has 0 aromatic heterocycles. The van der Waals surface area contributed by atoms with E-state index in [4.69, 9.17) is 21.1 Å². The van der Waals surface area contributed by atoms with Gasteiger partial charge in [0.1, 0.15) is 17.3 Å². The Balaban J connectivity index is 1.53. The molecule has 0 atom stereocenters. The van der Waals surface area contributed by atoms with Crippen LogP contribution >= 0.6 is 11.6 Å². The molecule has 0 N–H and O–H groups in total. The van der Waals surface area contributed by atoms with Gasteiger partial charge in [0.05, 0.1) is 17.1 Å². The van der Waals surface area contributed by atoms with Gasteiger partial charge in [0.2, 0.25) is 0 Å². The van der Waals surface area contributed by atoms with Crippen molar-refractivity contribution in [3.05, 3.63) is 59.1 Å². The van der Waals surface area contributed by atoms with Gasteiger partial charge in [-0.2, -0.15) is 0 Å². The second-order valence-electron chi connectivity index (χ2n) is 5.32. The number of para-hydroxylation sites is 1. The van der Waals surface area contributed by atoms with Gasteiger partial charge in [-0.1, -0.05) is 35.9 Å². The third-order valence-electron chi connectivity index (χ3n) is 3.65. The molecular weight excluding hydrogens is 382 g/mol. The van der Waals surface area contributed by atoms with Crippen LogP contribution in [0, 0.1) is 0 Å². The number of amides is 1. The van der Waals surface area contributed by atoms with E-state index in [-0.39, 0.29) is 30.2 Å². The number of nitrogens with zero attached hydrogens (tertiary/aromatic N) is 1. The van der Waals surface area contributed by atoms with Crippen molar-refractivity contribution in [3.63, 3.8) is 0 Å². The minimum Gasteiger partial charge on any atom is -0.480 e. The third-order valence-corrected chi connectivity index (χ3v) is 5.80. The van der Waals surface area contributed by atoms with Crippen molar-refractivity contribution in [2.75, 3.05) is 19.8 Å². The summed E-state index contributed by atoms with van der Waals surface area (Å²) < 4.78 is 35.6. The largest absolute Gasteiger partial charge is 0.480 e. The van der Waals surface area contributed by atoms with Crippen LogP contribution in [0.25, 0.3) is 0 Å². The van der Waals surface area contributed by atoms with Gasteiger partial charge < -0.3 is 9.47 Å². The zero-order valence-corrected chi connectivity index (χ0v) is 15.0. The standard InChI is InChI=1S/C17H14ClNO6S/c18-13-6-2-3-7-14(13)25-11-16(20)24-10-9-19-17(21)12-5-1-4-8-15(12)26(19,22)23/h1-8H,9-11H2. The summed E-state index contributed by atoms with van der Waals surface area (Å²) in [6.07, 6.45) is 0. The fourth-order valence-corrected chi connectivity index (χ4v) is 4.18. The van der Waals surface area contributed by atoms with Crippen LogP contribution < -0.4 is 4.74 Å². The monoisotopic (exact) mass is 395 g/mol. The van der Waals surface area contributed by atoms with Crippen molar-refractivity contribution in [3.8, 4) is 5.75 Å². The van der Waals surface area contributed by atoms with Crippen LogP contribution in [0.1, 0.15) is 10.4 Å². The molecule has 0 unspecified atom stereocenters. The molecule has 26 heavy (non-hydrogen) atoms. The number of halogens is 1. The second-order valence-corrected chi connectivity index (χ2v) is 7.56. The van der Waals surface area contributed by atoms with Crippen LogP contribution in [0.15, 0.2) is 53.4 Å². The molecule has 0 radical (unpaired) electrons. The van der Waals surface area contributed by atoms with E-state index >= 15 is 0 Å². The van der Waals surface area contributed by atoms with Crippen LogP contribution in [-0.4, -0.2) is 44.4 Å². The van der Waals surface area contributed by atoms with Gasteiger partial charge in [0, 0.05) is 0 Å². The third kappa shape index (κ3) is 3.51. The van der Waals surface area contributed by atoms with Crippen molar-refractivity contribution < 1.29 is 27.5 Å². The highest BCUT2D eigenvalue weighted by molar-refractivity contribution is 7.90. The molecule has 1 aliphatic rings. The number of hydrogen-bond donors (Lipinski definition) is 0. The maximum atomic E-state index is 12.3. The number of fused-ring (bicyclic) bond motifs is 1. The predicted molar refractivity (Wildman–Crippen MR) is 92.6 cm³/mol. The lowest BCUT2D eigenvalue weighted by Gasteiger charge is -2.15. The average Bonchev–Trinajstić information content (AvgIpc) is 2.82. The van der Waals surface area contributed by atoms with Crippen LogP contribution in [0.4, 0.5) is 0 Å². The highest BCUT2D eigenvalue weighted by atomic mass is 35.5. The lowest BCUT2D eigenvalue weighted by Crippen LogP contribution is -2.34. The summed E-state index contributed by atoms with van der Waals surface area (Å²) in [5.41, 5.74) is 0.112. The van der Waals surface area contributed by atoms with Gasteiger partial charge in [0.15, 0.2) is 6.61 Å². The molecule has 0 bridgehead atoms. The van der Waals surface area contributed by atoms with E-state index in [1.807, 2.05) is 0 Å². The summed E-state index contributed by atoms with van der Waals surface area (Å²) in [5, 5.41) is 0.354. The van der Waals surface area contributed by atoms with Crippen molar-refractivity contribution in [2.45, 2.75) is 4.90 Å². The van der Waals surface area contributed by atoms with Crippen molar-refractivity contribution in [2.24, 2.45) is 0 Å². The van der Waals surface area contributed by atoms with Gasteiger partial charge in [-0.15, -0.1) is 0 Å². The minimum absolute atomic E-state index is 0.0432. The maximum Gasteiger partial charge on any atom is 0.344 e. The van der Waals surface area contributed by atoms with Crippen LogP contribution in [0.5, 0.6) is 5.75 Å². The Morgan fingerprint density at radius 1 is 1.08 bits per heavy atom. The smallest absolute Gasteiger partial charge is 0.344 e. The first-order valence-electron chi connectivity index (χ1n) is 7.60. The first-order valence-corrected chi connectivity index (χ1v) is 9.42. The zero-order chi connectivity index (χ0) is 18.7. The first-order chi connectivity index (χ1) is 12.4. The van der Waals surface area contributed by atoms with E-state index in [0.29, 0.717) is 15.1 Å². The predicted octanol–water partition coefficient (Wildman–Crippen LogP) is 2.11. The molecule has 136 valence electrons. The number of sulfonamides is 1. The molecule has 2 aromatic carbocycles. The Morgan fingerprint density at radius 3 is 2.50 bits per heavy atom. The molecule has 9 heteroatoms. The molecule has 0 aliphatic carbocycles. The summed E-state index contributed by atoms with van der Waals surface area (Å²) >= 11 is 5.90. The second kappa shape index (κ2) is 7.35. The van der Waals surface area contributed by atoms with Crippen molar-refractivity contribution in [1.29, 1.82) is 0 Å². The average molecular weight is 396 g/mol. The normalized spacial score (nSPS) is 14.8. The fraction of sp³-hybridized carbons (Fsp3) is 0.176. The number of carbonyl (C=O) groups excluding carboxylic acids is 2. The van der Waals surface area contributed by atoms with E-state index in [1.54, 1.807) is 36.4 Å². The molecule has 1 amide bonds. The summed E-state index contributed by atoms with van der Waals surface area (Å²) in [5.74, 6) is -1.01. The highest BCUT2D eigenvalue weighted by Crippen LogP contribution is 2.29. The summed E-state index contributed by atoms with van der Waals surface area (Å²) in [4.78, 5) is 23.9. The lowest BCUT2D eigenvalue weighted by molar-refractivity contribution is -0.146. The van der Waals surface area contributed by atoms with Gasteiger partial charge in [0.25, 0.3) is 15.9 Å². The fourth-order valence-electron chi connectivity index (χ4n) is 2.43. The number of carbonyl (C=O) groups is 2. The van der Waals surface area contributed by atoms with Crippen LogP contribution in [0.2, 0.25) is 5.02 Å². The number of rotatable bonds is 6. The highest BCUT2D eigenvalue weighted by Gasteiger charge is 2.40. The molecule has 1 aliphatic heterocycles. The number of benzene rings is 2. The number of hydrogen-bond acceptors (Lipinski definition) is 6. The SMILES string of the molecule is O=C(COc1ccccc1Cl)OCCN1C(=O)c2ccccc2S1(=O)=O. The van der Waals surface area contributed by atoms with E-state index in [2.05, 4.69) is 0 Å². The maximum absolute atomic E-state index is 12.3. The first kappa shape index (κ1) is 18.2. The molecule has 3 rings (SSSR count). The van der Waals surface area contributed by atoms with Gasteiger partial charge in [-0.25, -0.2) is 17.5 Å². The minimum atomic E-state index is -3.91. The number of esters is 1. The Kier molecular flexibility index (Phi) is 5.15. The van der Waals surface area contributed by atoms with E-state index < -0.39 is 21.9 Å². The molecule has 2 aromatic rings. The topological polar surface area (TPSA) is 90.0 Å². The Labute approximate surface area is 155 Å². The van der Waals surface area contributed by atoms with Crippen LogP contribution in [0.3, 0.4) is 0 Å². The van der Waals surface area contributed by atoms with Gasteiger partial charge in [-0.05, 0) is 24.3 Å². The molecule has 1 heterocycles. The quantitative estimate of drug-likeness (QED) is 0.696. The Bertz CT molecular complexity index is 959. The van der Waals surface area contributed by atoms with Gasteiger partial charge in [-0.3, -0.25) is 4.79 Å². The Morgan fingerprint density at radius 2 is 1.77 bits per heavy atom. The van der Waals surface area contributed by atoms with E-state index in [9.17, 15) is 18.0 Å². The molecule has 0 saturated heterocycles. The summed E-state index contributed by atoms with van der Waals surface area (Å²) in [6, 6.07) is 12.6. The Hall–Kier alpha value is -2.58. The van der Waals surface area contributed by atoms with Crippen molar-refractivity contribution >= 4 is 33.5 Å². The molecule has 7 nitrogen and oxygen atoms in total. The molecule has 0 fully saturated rings. The lowest BCUT2D eigenvalue weighted by atomic mass is 10.2. The number of ether oxygens (including phenoxy) is 2.